The Hall–Kier alpha value is -2.97. The Bertz CT molecular complexity index is 1130. The van der Waals surface area contributed by atoms with Gasteiger partial charge in [0.1, 0.15) is 17.7 Å². The van der Waals surface area contributed by atoms with Gasteiger partial charge in [0.25, 0.3) is 0 Å². The number of piperazine rings is 1. The minimum Gasteiger partial charge on any atom is -0.353 e. The van der Waals surface area contributed by atoms with E-state index in [0.29, 0.717) is 43.0 Å². The highest BCUT2D eigenvalue weighted by Gasteiger charge is 2.21. The molecule has 154 valence electrons. The highest BCUT2D eigenvalue weighted by Crippen LogP contribution is 2.32. The number of halogens is 3. The van der Waals surface area contributed by atoms with Crippen molar-refractivity contribution in [2.75, 3.05) is 36.4 Å². The van der Waals surface area contributed by atoms with Crippen LogP contribution in [0.1, 0.15) is 0 Å². The van der Waals surface area contributed by atoms with Gasteiger partial charge in [0, 0.05) is 26.2 Å². The van der Waals surface area contributed by atoms with Gasteiger partial charge in [-0.2, -0.15) is 0 Å². The Kier molecular flexibility index (Phi) is 5.69. The molecule has 0 aliphatic carbocycles. The molecular formula is C20H17Cl2FN6O. The molecule has 1 aliphatic rings. The Labute approximate surface area is 182 Å². The second-order valence-corrected chi connectivity index (χ2v) is 7.41. The molecule has 0 bridgehead atoms. The maximum absolute atomic E-state index is 14.5. The lowest BCUT2D eigenvalue weighted by Crippen LogP contribution is -2.48. The van der Waals surface area contributed by atoms with Gasteiger partial charge in [0.2, 0.25) is 5.91 Å². The minimum atomic E-state index is -0.671. The Morgan fingerprint density at radius 3 is 2.63 bits per heavy atom. The molecular weight excluding hydrogens is 430 g/mol. The third-order valence-corrected chi connectivity index (χ3v) is 5.63. The molecule has 1 saturated heterocycles. The highest BCUT2D eigenvalue weighted by atomic mass is 35.5. The zero-order valence-corrected chi connectivity index (χ0v) is 17.3. The lowest BCUT2D eigenvalue weighted by Gasteiger charge is -2.35. The summed E-state index contributed by atoms with van der Waals surface area (Å²) in [5.74, 6) is 0.319. The van der Waals surface area contributed by atoms with Crippen LogP contribution in [0, 0.1) is 5.82 Å². The van der Waals surface area contributed by atoms with E-state index in [1.54, 1.807) is 4.90 Å². The number of amides is 1. The number of fused-ring (bicyclic) bond motifs is 1. The quantitative estimate of drug-likeness (QED) is 0.481. The molecule has 1 N–H and O–H groups in total. The van der Waals surface area contributed by atoms with Crippen molar-refractivity contribution in [3.8, 4) is 0 Å². The second kappa shape index (κ2) is 8.41. The van der Waals surface area contributed by atoms with Crippen LogP contribution in [0.15, 0.2) is 43.2 Å². The van der Waals surface area contributed by atoms with Crippen molar-refractivity contribution in [2.24, 2.45) is 0 Å². The normalized spacial score (nSPS) is 14.1. The zero-order valence-electron chi connectivity index (χ0n) is 15.8. The molecule has 1 amide bonds. The van der Waals surface area contributed by atoms with Gasteiger partial charge in [-0.25, -0.2) is 19.3 Å². The van der Waals surface area contributed by atoms with Crippen LogP contribution in [0.25, 0.3) is 11.0 Å². The Morgan fingerprint density at radius 2 is 1.90 bits per heavy atom. The summed E-state index contributed by atoms with van der Waals surface area (Å²) in [4.78, 5) is 28.7. The third kappa shape index (κ3) is 3.88. The number of carbonyl (C=O) groups excluding carboxylic acids is 1. The summed E-state index contributed by atoms with van der Waals surface area (Å²) in [5.41, 5.74) is 1.23. The molecule has 30 heavy (non-hydrogen) atoms. The first-order valence-corrected chi connectivity index (χ1v) is 9.92. The number of carbonyl (C=O) groups is 1. The summed E-state index contributed by atoms with van der Waals surface area (Å²) in [5, 5.41) is 2.89. The zero-order chi connectivity index (χ0) is 21.3. The summed E-state index contributed by atoms with van der Waals surface area (Å²) in [6.45, 7) is 5.95. The summed E-state index contributed by atoms with van der Waals surface area (Å²) in [6, 6.07) is 6.68. The fourth-order valence-corrected chi connectivity index (χ4v) is 3.54. The van der Waals surface area contributed by atoms with Crippen molar-refractivity contribution < 1.29 is 9.18 Å². The van der Waals surface area contributed by atoms with Crippen LogP contribution in [-0.4, -0.2) is 51.9 Å². The molecule has 10 heteroatoms. The molecule has 3 heterocycles. The van der Waals surface area contributed by atoms with Gasteiger partial charge < -0.3 is 15.1 Å². The Morgan fingerprint density at radius 1 is 1.13 bits per heavy atom. The topological polar surface area (TPSA) is 74.2 Å². The number of pyridine rings is 1. The van der Waals surface area contributed by atoms with Crippen molar-refractivity contribution in [3.63, 3.8) is 0 Å². The van der Waals surface area contributed by atoms with E-state index in [1.807, 2.05) is 12.1 Å². The molecule has 0 saturated carbocycles. The molecule has 7 nitrogen and oxygen atoms in total. The maximum atomic E-state index is 14.5. The summed E-state index contributed by atoms with van der Waals surface area (Å²) >= 11 is 11.8. The molecule has 0 radical (unpaired) electrons. The van der Waals surface area contributed by atoms with Gasteiger partial charge in [0.05, 0.1) is 21.2 Å². The monoisotopic (exact) mass is 446 g/mol. The van der Waals surface area contributed by atoms with E-state index >= 15 is 0 Å². The van der Waals surface area contributed by atoms with Crippen LogP contribution in [0.4, 0.5) is 21.7 Å². The lowest BCUT2D eigenvalue weighted by molar-refractivity contribution is -0.126. The summed E-state index contributed by atoms with van der Waals surface area (Å²) < 4.78 is 14.5. The summed E-state index contributed by atoms with van der Waals surface area (Å²) in [6.07, 6.45) is 2.70. The van der Waals surface area contributed by atoms with E-state index < -0.39 is 5.82 Å². The van der Waals surface area contributed by atoms with Crippen molar-refractivity contribution in [1.82, 2.24) is 19.9 Å². The Balaban J connectivity index is 1.63. The van der Waals surface area contributed by atoms with E-state index in [0.717, 1.165) is 5.82 Å². The van der Waals surface area contributed by atoms with Gasteiger partial charge >= 0.3 is 0 Å². The number of benzene rings is 1. The number of rotatable bonds is 4. The second-order valence-electron chi connectivity index (χ2n) is 6.62. The number of aromatic nitrogens is 3. The maximum Gasteiger partial charge on any atom is 0.246 e. The molecule has 4 rings (SSSR count). The van der Waals surface area contributed by atoms with Gasteiger partial charge in [-0.05, 0) is 30.3 Å². The van der Waals surface area contributed by atoms with Crippen molar-refractivity contribution in [3.05, 3.63) is 59.1 Å². The average Bonchev–Trinajstić information content (AvgIpc) is 2.79. The molecule has 0 spiro atoms. The van der Waals surface area contributed by atoms with Crippen LogP contribution in [0.5, 0.6) is 0 Å². The van der Waals surface area contributed by atoms with Crippen molar-refractivity contribution in [1.29, 1.82) is 0 Å². The first-order chi connectivity index (χ1) is 14.5. The number of nitrogens with zero attached hydrogens (tertiary/aromatic N) is 5. The van der Waals surface area contributed by atoms with Crippen LogP contribution in [0.3, 0.4) is 0 Å². The van der Waals surface area contributed by atoms with Crippen LogP contribution >= 0.6 is 23.2 Å². The van der Waals surface area contributed by atoms with Gasteiger partial charge in [-0.15, -0.1) is 0 Å². The van der Waals surface area contributed by atoms with Crippen LogP contribution < -0.4 is 10.2 Å². The average molecular weight is 447 g/mol. The number of hydrogen-bond donors (Lipinski definition) is 1. The van der Waals surface area contributed by atoms with E-state index in [4.69, 9.17) is 23.2 Å². The highest BCUT2D eigenvalue weighted by molar-refractivity contribution is 6.42. The van der Waals surface area contributed by atoms with E-state index in [2.05, 4.69) is 31.7 Å². The molecule has 0 atom stereocenters. The molecule has 1 aliphatic heterocycles. The van der Waals surface area contributed by atoms with Crippen LogP contribution in [0.2, 0.25) is 10.0 Å². The first-order valence-electron chi connectivity index (χ1n) is 9.16. The standard InChI is InChI=1S/C20H17Cl2FN6O/c1-2-16(30)29-9-7-28(8-10-29)15-6-5-14-19(27-15)20(25-11-24-14)26-13-4-3-12(21)17(22)18(13)23/h2-6,11H,1,7-10H2,(H,24,25,26). The largest absolute Gasteiger partial charge is 0.353 e. The molecule has 3 aromatic rings. The molecule has 1 aromatic carbocycles. The first kappa shape index (κ1) is 20.3. The van der Waals surface area contributed by atoms with Crippen molar-refractivity contribution in [2.45, 2.75) is 0 Å². The van der Waals surface area contributed by atoms with Gasteiger partial charge in [-0.3, -0.25) is 4.79 Å². The molecule has 0 unspecified atom stereocenters. The predicted molar refractivity (Wildman–Crippen MR) is 116 cm³/mol. The molecule has 1 fully saturated rings. The van der Waals surface area contributed by atoms with E-state index in [1.165, 1.54) is 24.5 Å². The summed E-state index contributed by atoms with van der Waals surface area (Å²) in [7, 11) is 0. The SMILES string of the molecule is C=CC(=O)N1CCN(c2ccc3ncnc(Nc4ccc(Cl)c(Cl)c4F)c3n2)CC1. The van der Waals surface area contributed by atoms with E-state index in [-0.39, 0.29) is 21.6 Å². The number of anilines is 3. The number of nitrogens with one attached hydrogen (secondary N) is 1. The fraction of sp³-hybridized carbons (Fsp3) is 0.200. The van der Waals surface area contributed by atoms with E-state index in [9.17, 15) is 9.18 Å². The number of hydrogen-bond acceptors (Lipinski definition) is 6. The van der Waals surface area contributed by atoms with Gasteiger partial charge in [-0.1, -0.05) is 29.8 Å². The van der Waals surface area contributed by atoms with Crippen molar-refractivity contribution >= 4 is 57.5 Å². The molecule has 2 aromatic heterocycles. The third-order valence-electron chi connectivity index (χ3n) is 4.85. The smallest absolute Gasteiger partial charge is 0.246 e. The van der Waals surface area contributed by atoms with Crippen LogP contribution in [-0.2, 0) is 4.79 Å². The lowest BCUT2D eigenvalue weighted by atomic mass is 10.2. The predicted octanol–water partition coefficient (Wildman–Crippen LogP) is 4.05. The van der Waals surface area contributed by atoms with Gasteiger partial charge in [0.15, 0.2) is 11.6 Å². The minimum absolute atomic E-state index is 0.0790. The fourth-order valence-electron chi connectivity index (χ4n) is 3.23.